The molecule has 1 saturated heterocycles. The van der Waals surface area contributed by atoms with Crippen molar-refractivity contribution in [1.29, 1.82) is 0 Å². The van der Waals surface area contributed by atoms with Crippen molar-refractivity contribution in [1.82, 2.24) is 4.31 Å². The maximum atomic E-state index is 5.77. The lowest BCUT2D eigenvalue weighted by atomic mass is 10.3. The zero-order chi connectivity index (χ0) is 18.1. The number of terminal acetylenes is 2. The molecule has 1 unspecified atom stereocenters. The fraction of sp³-hybridized carbons (Fsp3) is 0.500. The van der Waals surface area contributed by atoms with Crippen LogP contribution in [0.2, 0.25) is 0 Å². The summed E-state index contributed by atoms with van der Waals surface area (Å²) in [6, 6.07) is 8.45. The smallest absolute Gasteiger partial charge is 0.119 e. The van der Waals surface area contributed by atoms with Crippen molar-refractivity contribution in [3.8, 4) is 31.4 Å². The Bertz CT molecular complexity index is 399. The SMILES string of the molecule is C#C.C#C.CC.CCC(C)Oc1ccc(SN2CCCC2)cc1. The van der Waals surface area contributed by atoms with Crippen molar-refractivity contribution in [2.24, 2.45) is 0 Å². The number of rotatable bonds is 5. The standard InChI is InChI=1S/C14H21NOS.C2H6.2C2H2/c1-3-12(2)16-13-6-8-14(9-7-13)17-15-10-4-5-11-15;3*1-2/h6-9,12H,3-5,10-11H2,1-2H3;1-2H3;2*1-2H. The van der Waals surface area contributed by atoms with Gasteiger partial charge in [-0.25, -0.2) is 4.31 Å². The predicted molar refractivity (Wildman–Crippen MR) is 105 cm³/mol. The molecule has 0 spiro atoms. The fourth-order valence-corrected chi connectivity index (χ4v) is 2.82. The van der Waals surface area contributed by atoms with Gasteiger partial charge in [0, 0.05) is 18.0 Å². The highest BCUT2D eigenvalue weighted by Gasteiger charge is 2.12. The lowest BCUT2D eigenvalue weighted by Gasteiger charge is -2.15. The summed E-state index contributed by atoms with van der Waals surface area (Å²) in [5.41, 5.74) is 0. The Kier molecular flexibility index (Phi) is 17.3. The van der Waals surface area contributed by atoms with Gasteiger partial charge in [-0.2, -0.15) is 0 Å². The zero-order valence-electron chi connectivity index (χ0n) is 15.0. The third-order valence-corrected chi connectivity index (χ3v) is 4.14. The molecule has 2 nitrogen and oxygen atoms in total. The van der Waals surface area contributed by atoms with E-state index in [4.69, 9.17) is 4.74 Å². The molecule has 0 bridgehead atoms. The summed E-state index contributed by atoms with van der Waals surface area (Å²) in [4.78, 5) is 1.31. The number of benzene rings is 1. The predicted octanol–water partition coefficient (Wildman–Crippen LogP) is 5.49. The first-order valence-electron chi connectivity index (χ1n) is 8.14. The van der Waals surface area contributed by atoms with Crippen molar-refractivity contribution in [3.63, 3.8) is 0 Å². The highest BCUT2D eigenvalue weighted by Crippen LogP contribution is 2.28. The molecular formula is C20H31NOS. The molecule has 3 heteroatoms. The van der Waals surface area contributed by atoms with Crippen LogP contribution in [0.15, 0.2) is 29.2 Å². The molecule has 1 aliphatic heterocycles. The van der Waals surface area contributed by atoms with Gasteiger partial charge in [0.2, 0.25) is 0 Å². The van der Waals surface area contributed by atoms with E-state index in [1.54, 1.807) is 0 Å². The summed E-state index contributed by atoms with van der Waals surface area (Å²) in [6.45, 7) is 10.7. The minimum atomic E-state index is 0.298. The van der Waals surface area contributed by atoms with E-state index in [0.29, 0.717) is 6.10 Å². The largest absolute Gasteiger partial charge is 0.491 e. The maximum absolute atomic E-state index is 5.77. The van der Waals surface area contributed by atoms with E-state index in [2.05, 4.69) is 68.1 Å². The number of hydrogen-bond donors (Lipinski definition) is 0. The first-order chi connectivity index (χ1) is 11.3. The molecule has 128 valence electrons. The molecule has 0 aromatic heterocycles. The minimum absolute atomic E-state index is 0.298. The van der Waals surface area contributed by atoms with E-state index in [0.717, 1.165) is 12.2 Å². The quantitative estimate of drug-likeness (QED) is 0.522. The van der Waals surface area contributed by atoms with Crippen molar-refractivity contribution in [3.05, 3.63) is 24.3 Å². The van der Waals surface area contributed by atoms with E-state index in [-0.39, 0.29) is 0 Å². The van der Waals surface area contributed by atoms with Gasteiger partial charge >= 0.3 is 0 Å². The average Bonchev–Trinajstić information content (AvgIpc) is 3.15. The molecule has 1 aromatic rings. The van der Waals surface area contributed by atoms with Crippen LogP contribution in [0.4, 0.5) is 0 Å². The van der Waals surface area contributed by atoms with Crippen molar-refractivity contribution in [2.75, 3.05) is 13.1 Å². The summed E-state index contributed by atoms with van der Waals surface area (Å²) < 4.78 is 8.20. The molecule has 2 rings (SSSR count). The third kappa shape index (κ3) is 10.7. The van der Waals surface area contributed by atoms with Crippen LogP contribution in [-0.4, -0.2) is 23.5 Å². The average molecular weight is 334 g/mol. The second-order valence-electron chi connectivity index (χ2n) is 4.54. The van der Waals surface area contributed by atoms with E-state index in [1.165, 1.54) is 30.8 Å². The van der Waals surface area contributed by atoms with Gasteiger partial charge in [0.15, 0.2) is 0 Å². The summed E-state index contributed by atoms with van der Waals surface area (Å²) in [6.07, 6.45) is 20.0. The molecule has 0 aliphatic carbocycles. The molecule has 1 atom stereocenters. The number of ether oxygens (including phenoxy) is 1. The van der Waals surface area contributed by atoms with Crippen LogP contribution in [0.25, 0.3) is 0 Å². The molecule has 1 aliphatic rings. The van der Waals surface area contributed by atoms with Crippen LogP contribution in [0, 0.1) is 25.7 Å². The van der Waals surface area contributed by atoms with Gasteiger partial charge in [-0.1, -0.05) is 20.8 Å². The molecule has 0 amide bonds. The highest BCUT2D eigenvalue weighted by molar-refractivity contribution is 7.97. The third-order valence-electron chi connectivity index (χ3n) is 3.04. The van der Waals surface area contributed by atoms with Crippen LogP contribution >= 0.6 is 11.9 Å². The minimum Gasteiger partial charge on any atom is -0.491 e. The van der Waals surface area contributed by atoms with Crippen LogP contribution in [0.1, 0.15) is 47.0 Å². The fourth-order valence-electron chi connectivity index (χ4n) is 1.82. The molecule has 0 radical (unpaired) electrons. The monoisotopic (exact) mass is 333 g/mol. The maximum Gasteiger partial charge on any atom is 0.119 e. The zero-order valence-corrected chi connectivity index (χ0v) is 15.8. The summed E-state index contributed by atoms with van der Waals surface area (Å²) in [5, 5.41) is 0. The Morgan fingerprint density at radius 2 is 1.52 bits per heavy atom. The molecular weight excluding hydrogens is 302 g/mol. The Labute approximate surface area is 148 Å². The molecule has 0 N–H and O–H groups in total. The first-order valence-corrected chi connectivity index (χ1v) is 8.91. The molecule has 23 heavy (non-hydrogen) atoms. The van der Waals surface area contributed by atoms with Gasteiger partial charge < -0.3 is 4.74 Å². The van der Waals surface area contributed by atoms with Crippen LogP contribution < -0.4 is 4.74 Å². The molecule has 1 aromatic carbocycles. The van der Waals surface area contributed by atoms with Gasteiger partial charge in [0.25, 0.3) is 0 Å². The summed E-state index contributed by atoms with van der Waals surface area (Å²) in [7, 11) is 0. The molecule has 0 saturated carbocycles. The number of nitrogens with zero attached hydrogens (tertiary/aromatic N) is 1. The van der Waals surface area contributed by atoms with Crippen LogP contribution in [-0.2, 0) is 0 Å². The Balaban J connectivity index is 0. The van der Waals surface area contributed by atoms with Crippen LogP contribution in [0.3, 0.4) is 0 Å². The molecule has 1 fully saturated rings. The van der Waals surface area contributed by atoms with Gasteiger partial charge in [0.05, 0.1) is 6.10 Å². The second kappa shape index (κ2) is 16.8. The second-order valence-corrected chi connectivity index (χ2v) is 5.71. The Hall–Kier alpha value is -1.55. The van der Waals surface area contributed by atoms with E-state index >= 15 is 0 Å². The highest BCUT2D eigenvalue weighted by atomic mass is 32.2. The normalized spacial score (nSPS) is 13.9. The van der Waals surface area contributed by atoms with Gasteiger partial charge in [-0.15, -0.1) is 25.7 Å². The van der Waals surface area contributed by atoms with E-state index in [1.807, 2.05) is 25.8 Å². The molecule has 1 heterocycles. The van der Waals surface area contributed by atoms with Crippen molar-refractivity contribution in [2.45, 2.75) is 58.0 Å². The lowest BCUT2D eigenvalue weighted by Crippen LogP contribution is -2.10. The summed E-state index contributed by atoms with van der Waals surface area (Å²) >= 11 is 1.86. The number of hydrogen-bond acceptors (Lipinski definition) is 3. The Morgan fingerprint density at radius 1 is 1.04 bits per heavy atom. The Morgan fingerprint density at radius 3 is 1.96 bits per heavy atom. The first kappa shape index (κ1) is 23.7. The topological polar surface area (TPSA) is 12.5 Å². The van der Waals surface area contributed by atoms with Crippen molar-refractivity contribution >= 4 is 11.9 Å². The van der Waals surface area contributed by atoms with Gasteiger partial charge in [-0.3, -0.25) is 0 Å². The van der Waals surface area contributed by atoms with E-state index in [9.17, 15) is 0 Å². The van der Waals surface area contributed by atoms with Crippen molar-refractivity contribution < 1.29 is 4.74 Å². The van der Waals surface area contributed by atoms with Gasteiger partial charge in [0.1, 0.15) is 5.75 Å². The van der Waals surface area contributed by atoms with Gasteiger partial charge in [-0.05, 0) is 62.4 Å². The van der Waals surface area contributed by atoms with E-state index < -0.39 is 0 Å². The lowest BCUT2D eigenvalue weighted by molar-refractivity contribution is 0.217. The summed E-state index contributed by atoms with van der Waals surface area (Å²) in [5.74, 6) is 0.977. The van der Waals surface area contributed by atoms with Crippen LogP contribution in [0.5, 0.6) is 5.75 Å².